The van der Waals surface area contributed by atoms with Gasteiger partial charge in [-0.05, 0) is 45.6 Å². The van der Waals surface area contributed by atoms with Crippen molar-refractivity contribution in [3.63, 3.8) is 0 Å². The molecule has 4 heteroatoms. The molecule has 1 N–H and O–H groups in total. The van der Waals surface area contributed by atoms with Crippen molar-refractivity contribution in [3.05, 3.63) is 33.6 Å². The van der Waals surface area contributed by atoms with Crippen molar-refractivity contribution in [1.82, 2.24) is 4.98 Å². The molecule has 1 aromatic carbocycles. The number of hydrogen-bond donors (Lipinski definition) is 1. The highest BCUT2D eigenvalue weighted by atomic mass is 16.5. The fraction of sp³-hybridized carbons (Fsp3) is 0.471. The van der Waals surface area contributed by atoms with Crippen LogP contribution in [-0.2, 0) is 12.8 Å². The van der Waals surface area contributed by atoms with E-state index in [4.69, 9.17) is 9.47 Å². The first-order valence-corrected chi connectivity index (χ1v) is 7.72. The van der Waals surface area contributed by atoms with E-state index in [0.29, 0.717) is 30.1 Å². The first-order valence-electron chi connectivity index (χ1n) is 7.72. The molecular weight excluding hydrogens is 266 g/mol. The number of hydrogen-bond acceptors (Lipinski definition) is 3. The summed E-state index contributed by atoms with van der Waals surface area (Å²) in [7, 11) is 0. The Morgan fingerprint density at radius 1 is 1.05 bits per heavy atom. The summed E-state index contributed by atoms with van der Waals surface area (Å²) in [5, 5.41) is 0.697. The van der Waals surface area contributed by atoms with E-state index in [9.17, 15) is 4.79 Å². The predicted molar refractivity (Wildman–Crippen MR) is 83.5 cm³/mol. The monoisotopic (exact) mass is 287 g/mol. The summed E-state index contributed by atoms with van der Waals surface area (Å²) >= 11 is 0. The Morgan fingerprint density at radius 2 is 1.71 bits per heavy atom. The quantitative estimate of drug-likeness (QED) is 0.939. The Labute approximate surface area is 124 Å². The molecule has 0 saturated carbocycles. The molecule has 0 atom stereocenters. The predicted octanol–water partition coefficient (Wildman–Crippen LogP) is 3.20. The molecule has 21 heavy (non-hydrogen) atoms. The van der Waals surface area contributed by atoms with Crippen LogP contribution in [0.5, 0.6) is 11.5 Å². The molecule has 0 amide bonds. The average molecular weight is 287 g/mol. The van der Waals surface area contributed by atoms with Gasteiger partial charge >= 0.3 is 0 Å². The molecule has 3 rings (SSSR count). The lowest BCUT2D eigenvalue weighted by Gasteiger charge is -2.17. The standard InChI is InChI=1S/C17H21NO3/c1-3-20-15-9-12-14(10-16(15)21-4-2)18-13-8-6-5-7-11(13)17(12)19/h9-10H,3-8H2,1-2H3,(H,18,19). The van der Waals surface area contributed by atoms with Gasteiger partial charge in [-0.15, -0.1) is 0 Å². The van der Waals surface area contributed by atoms with E-state index in [0.717, 1.165) is 42.5 Å². The minimum atomic E-state index is 0.141. The van der Waals surface area contributed by atoms with E-state index in [1.54, 1.807) is 0 Å². The fourth-order valence-electron chi connectivity index (χ4n) is 3.01. The van der Waals surface area contributed by atoms with E-state index < -0.39 is 0 Å². The highest BCUT2D eigenvalue weighted by Crippen LogP contribution is 2.32. The molecule has 1 aliphatic rings. The van der Waals surface area contributed by atoms with Crippen LogP contribution in [0.1, 0.15) is 37.9 Å². The van der Waals surface area contributed by atoms with Crippen molar-refractivity contribution >= 4 is 10.9 Å². The van der Waals surface area contributed by atoms with Crippen molar-refractivity contribution in [2.75, 3.05) is 13.2 Å². The molecule has 0 unspecified atom stereocenters. The third-order valence-electron chi connectivity index (χ3n) is 3.96. The van der Waals surface area contributed by atoms with E-state index in [1.807, 2.05) is 26.0 Å². The zero-order chi connectivity index (χ0) is 14.8. The molecule has 0 saturated heterocycles. The third kappa shape index (κ3) is 2.50. The van der Waals surface area contributed by atoms with Gasteiger partial charge in [0.25, 0.3) is 0 Å². The van der Waals surface area contributed by atoms with E-state index in [-0.39, 0.29) is 5.43 Å². The van der Waals surface area contributed by atoms with E-state index in [2.05, 4.69) is 4.98 Å². The number of rotatable bonds is 4. The maximum atomic E-state index is 12.7. The van der Waals surface area contributed by atoms with Gasteiger partial charge in [0, 0.05) is 22.7 Å². The molecular formula is C17H21NO3. The number of aromatic amines is 1. The molecule has 0 aliphatic heterocycles. The number of aromatic nitrogens is 1. The number of ether oxygens (including phenoxy) is 2. The highest BCUT2D eigenvalue weighted by molar-refractivity contribution is 5.83. The maximum absolute atomic E-state index is 12.7. The summed E-state index contributed by atoms with van der Waals surface area (Å²) in [4.78, 5) is 16.1. The summed E-state index contributed by atoms with van der Waals surface area (Å²) in [6.45, 7) is 4.99. The Hall–Kier alpha value is -1.97. The summed E-state index contributed by atoms with van der Waals surface area (Å²) in [6.07, 6.45) is 4.07. The Balaban J connectivity index is 2.23. The number of fused-ring (bicyclic) bond motifs is 2. The van der Waals surface area contributed by atoms with Crippen LogP contribution < -0.4 is 14.9 Å². The van der Waals surface area contributed by atoms with Crippen LogP contribution in [0.4, 0.5) is 0 Å². The lowest BCUT2D eigenvalue weighted by Crippen LogP contribution is -2.18. The fourth-order valence-corrected chi connectivity index (χ4v) is 3.01. The van der Waals surface area contributed by atoms with Gasteiger partial charge in [-0.2, -0.15) is 0 Å². The Kier molecular flexibility index (Phi) is 3.86. The van der Waals surface area contributed by atoms with Crippen molar-refractivity contribution in [1.29, 1.82) is 0 Å². The van der Waals surface area contributed by atoms with E-state index >= 15 is 0 Å². The molecule has 0 spiro atoms. The normalized spacial score (nSPS) is 14.0. The van der Waals surface area contributed by atoms with Gasteiger partial charge in [0.05, 0.1) is 18.7 Å². The van der Waals surface area contributed by atoms with Gasteiger partial charge in [0.1, 0.15) is 0 Å². The number of aryl methyl sites for hydroxylation is 1. The summed E-state index contributed by atoms with van der Waals surface area (Å²) in [5.41, 5.74) is 3.01. The molecule has 4 nitrogen and oxygen atoms in total. The largest absolute Gasteiger partial charge is 0.490 e. The molecule has 0 radical (unpaired) electrons. The second-order valence-corrected chi connectivity index (χ2v) is 5.33. The lowest BCUT2D eigenvalue weighted by atomic mass is 9.94. The van der Waals surface area contributed by atoms with E-state index in [1.165, 1.54) is 0 Å². The molecule has 1 heterocycles. The average Bonchev–Trinajstić information content (AvgIpc) is 2.49. The number of nitrogens with one attached hydrogen (secondary N) is 1. The SMILES string of the molecule is CCOc1cc2[nH]c3c(c(=O)c2cc1OCC)CCCC3. The van der Waals surface area contributed by atoms with Crippen LogP contribution in [0.3, 0.4) is 0 Å². The molecule has 0 bridgehead atoms. The summed E-state index contributed by atoms with van der Waals surface area (Å²) < 4.78 is 11.3. The Bertz CT molecular complexity index is 718. The lowest BCUT2D eigenvalue weighted by molar-refractivity contribution is 0.288. The van der Waals surface area contributed by atoms with Crippen LogP contribution in [0, 0.1) is 0 Å². The van der Waals surface area contributed by atoms with Gasteiger partial charge < -0.3 is 14.5 Å². The van der Waals surface area contributed by atoms with Crippen LogP contribution in [0.25, 0.3) is 10.9 Å². The molecule has 0 fully saturated rings. The molecule has 1 aromatic heterocycles. The molecule has 2 aromatic rings. The van der Waals surface area contributed by atoms with Crippen molar-refractivity contribution in [2.45, 2.75) is 39.5 Å². The topological polar surface area (TPSA) is 51.3 Å². The van der Waals surface area contributed by atoms with Crippen LogP contribution >= 0.6 is 0 Å². The van der Waals surface area contributed by atoms with Gasteiger partial charge in [-0.1, -0.05) is 0 Å². The second kappa shape index (κ2) is 5.80. The van der Waals surface area contributed by atoms with Gasteiger partial charge in [0.2, 0.25) is 0 Å². The molecule has 1 aliphatic carbocycles. The van der Waals surface area contributed by atoms with Crippen LogP contribution in [-0.4, -0.2) is 18.2 Å². The maximum Gasteiger partial charge on any atom is 0.192 e. The summed E-state index contributed by atoms with van der Waals surface area (Å²) in [5.74, 6) is 1.34. The summed E-state index contributed by atoms with van der Waals surface area (Å²) in [6, 6.07) is 3.71. The minimum Gasteiger partial charge on any atom is -0.490 e. The van der Waals surface area contributed by atoms with Crippen LogP contribution in [0.15, 0.2) is 16.9 Å². The van der Waals surface area contributed by atoms with Gasteiger partial charge in [0.15, 0.2) is 16.9 Å². The smallest absolute Gasteiger partial charge is 0.192 e. The van der Waals surface area contributed by atoms with Crippen molar-refractivity contribution < 1.29 is 9.47 Å². The number of H-pyrrole nitrogens is 1. The van der Waals surface area contributed by atoms with Gasteiger partial charge in [-0.3, -0.25) is 4.79 Å². The first-order chi connectivity index (χ1) is 10.2. The second-order valence-electron chi connectivity index (χ2n) is 5.33. The number of benzene rings is 1. The highest BCUT2D eigenvalue weighted by Gasteiger charge is 2.17. The Morgan fingerprint density at radius 3 is 2.43 bits per heavy atom. The zero-order valence-corrected chi connectivity index (χ0v) is 12.6. The van der Waals surface area contributed by atoms with Crippen molar-refractivity contribution in [2.24, 2.45) is 0 Å². The van der Waals surface area contributed by atoms with Crippen molar-refractivity contribution in [3.8, 4) is 11.5 Å². The number of pyridine rings is 1. The van der Waals surface area contributed by atoms with Crippen LogP contribution in [0.2, 0.25) is 0 Å². The minimum absolute atomic E-state index is 0.141. The zero-order valence-electron chi connectivity index (χ0n) is 12.6. The van der Waals surface area contributed by atoms with Gasteiger partial charge in [-0.25, -0.2) is 0 Å². The first kappa shape index (κ1) is 14.0. The third-order valence-corrected chi connectivity index (χ3v) is 3.96. The molecule has 112 valence electrons.